The molecule has 0 fully saturated rings. The van der Waals surface area contributed by atoms with Crippen molar-refractivity contribution >= 4 is 29.8 Å². The van der Waals surface area contributed by atoms with Crippen LogP contribution in [0.15, 0.2) is 12.3 Å². The molecule has 0 spiro atoms. The summed E-state index contributed by atoms with van der Waals surface area (Å²) in [6.45, 7) is 6.43. The van der Waals surface area contributed by atoms with Crippen LogP contribution in [0.2, 0.25) is 5.15 Å². The normalized spacial score (nSPS) is 10.1. The predicted molar refractivity (Wildman–Crippen MR) is 77.5 cm³/mol. The van der Waals surface area contributed by atoms with E-state index in [1.807, 2.05) is 0 Å². The van der Waals surface area contributed by atoms with Gasteiger partial charge in [0.1, 0.15) is 10.8 Å². The van der Waals surface area contributed by atoms with Crippen molar-refractivity contribution in [2.75, 3.05) is 0 Å². The SMILES string of the molecule is CC(=O)O.CC(C)(C)OC(=O)Cc1ccnc(Cl)c1C=O. The number of halogens is 1. The van der Waals surface area contributed by atoms with Crippen molar-refractivity contribution in [1.82, 2.24) is 4.98 Å². The van der Waals surface area contributed by atoms with Crippen molar-refractivity contribution in [2.24, 2.45) is 0 Å². The van der Waals surface area contributed by atoms with Crippen LogP contribution < -0.4 is 0 Å². The number of ether oxygens (including phenoxy) is 1. The number of hydrogen-bond acceptors (Lipinski definition) is 5. The number of carboxylic acid groups (broad SMARTS) is 1. The van der Waals surface area contributed by atoms with Gasteiger partial charge in [0.2, 0.25) is 0 Å². The third kappa shape index (κ3) is 8.75. The molecule has 1 N–H and O–H groups in total. The van der Waals surface area contributed by atoms with E-state index in [9.17, 15) is 9.59 Å². The Balaban J connectivity index is 0.000000885. The van der Waals surface area contributed by atoms with Crippen LogP contribution in [0.1, 0.15) is 43.6 Å². The van der Waals surface area contributed by atoms with Crippen molar-refractivity contribution in [1.29, 1.82) is 0 Å². The number of hydrogen-bond donors (Lipinski definition) is 1. The molecule has 0 bridgehead atoms. The van der Waals surface area contributed by atoms with Crippen LogP contribution in [-0.2, 0) is 20.7 Å². The maximum Gasteiger partial charge on any atom is 0.310 e. The molecule has 0 amide bonds. The number of aldehydes is 1. The minimum absolute atomic E-state index is 0.00752. The first-order chi connectivity index (χ1) is 9.56. The van der Waals surface area contributed by atoms with Gasteiger partial charge in [-0.25, -0.2) is 4.98 Å². The van der Waals surface area contributed by atoms with E-state index in [1.165, 1.54) is 6.20 Å². The Morgan fingerprint density at radius 2 is 1.95 bits per heavy atom. The highest BCUT2D eigenvalue weighted by Crippen LogP contribution is 2.17. The summed E-state index contributed by atoms with van der Waals surface area (Å²) in [5.74, 6) is -1.23. The molecule has 1 heterocycles. The Hall–Kier alpha value is -1.95. The van der Waals surface area contributed by atoms with Gasteiger partial charge in [0.05, 0.1) is 12.0 Å². The first-order valence-corrected chi connectivity index (χ1v) is 6.44. The van der Waals surface area contributed by atoms with Crippen LogP contribution in [0.3, 0.4) is 0 Å². The van der Waals surface area contributed by atoms with Crippen LogP contribution in [0, 0.1) is 0 Å². The second-order valence-electron chi connectivity index (χ2n) is 5.07. The summed E-state index contributed by atoms with van der Waals surface area (Å²) in [6, 6.07) is 1.58. The molecular formula is C14H18ClNO5. The van der Waals surface area contributed by atoms with E-state index in [2.05, 4.69) is 4.98 Å². The van der Waals surface area contributed by atoms with E-state index in [1.54, 1.807) is 26.8 Å². The first kappa shape index (κ1) is 19.1. The zero-order valence-electron chi connectivity index (χ0n) is 12.3. The fraction of sp³-hybridized carbons (Fsp3) is 0.429. The van der Waals surface area contributed by atoms with Gasteiger partial charge in [-0.1, -0.05) is 11.6 Å². The number of carboxylic acids is 1. The summed E-state index contributed by atoms with van der Waals surface area (Å²) in [4.78, 5) is 35.2. The van der Waals surface area contributed by atoms with Crippen molar-refractivity contribution in [3.8, 4) is 0 Å². The Morgan fingerprint density at radius 3 is 2.38 bits per heavy atom. The molecule has 0 aromatic carbocycles. The number of aromatic nitrogens is 1. The van der Waals surface area contributed by atoms with Gasteiger partial charge < -0.3 is 9.84 Å². The molecule has 1 aromatic rings. The lowest BCUT2D eigenvalue weighted by molar-refractivity contribution is -0.153. The fourth-order valence-corrected chi connectivity index (χ4v) is 1.52. The second kappa shape index (κ2) is 8.36. The zero-order valence-corrected chi connectivity index (χ0v) is 13.1. The predicted octanol–water partition coefficient (Wildman–Crippen LogP) is 2.52. The van der Waals surface area contributed by atoms with Crippen LogP contribution in [0.25, 0.3) is 0 Å². The number of pyridine rings is 1. The third-order valence-electron chi connectivity index (χ3n) is 1.90. The number of esters is 1. The quantitative estimate of drug-likeness (QED) is 0.523. The van der Waals surface area contributed by atoms with Crippen molar-refractivity contribution in [3.63, 3.8) is 0 Å². The summed E-state index contributed by atoms with van der Waals surface area (Å²) in [6.07, 6.45) is 2.05. The Morgan fingerprint density at radius 1 is 1.43 bits per heavy atom. The molecular weight excluding hydrogens is 298 g/mol. The molecule has 0 saturated heterocycles. The summed E-state index contributed by atoms with van der Waals surface area (Å²) in [7, 11) is 0. The second-order valence-corrected chi connectivity index (χ2v) is 5.43. The highest BCUT2D eigenvalue weighted by Gasteiger charge is 2.18. The van der Waals surface area contributed by atoms with Crippen LogP contribution in [0.5, 0.6) is 0 Å². The van der Waals surface area contributed by atoms with Crippen molar-refractivity contribution in [2.45, 2.75) is 39.7 Å². The first-order valence-electron chi connectivity index (χ1n) is 6.06. The highest BCUT2D eigenvalue weighted by atomic mass is 35.5. The van der Waals surface area contributed by atoms with E-state index >= 15 is 0 Å². The molecule has 0 saturated carbocycles. The number of carbonyl (C=O) groups excluding carboxylic acids is 2. The summed E-state index contributed by atoms with van der Waals surface area (Å²) >= 11 is 5.75. The molecule has 0 unspecified atom stereocenters. The number of rotatable bonds is 3. The van der Waals surface area contributed by atoms with E-state index in [0.717, 1.165) is 6.92 Å². The molecule has 0 aliphatic heterocycles. The standard InChI is InChI=1S/C12H14ClNO3.C2H4O2/c1-12(2,3)17-10(16)6-8-4-5-14-11(13)9(8)7-15;1-2(3)4/h4-5,7H,6H2,1-3H3;1H3,(H,3,4). The van der Waals surface area contributed by atoms with Gasteiger partial charge >= 0.3 is 5.97 Å². The van der Waals surface area contributed by atoms with Crippen molar-refractivity contribution < 1.29 is 24.2 Å². The molecule has 1 aromatic heterocycles. The van der Waals surface area contributed by atoms with Gasteiger partial charge in [0.25, 0.3) is 5.97 Å². The summed E-state index contributed by atoms with van der Waals surface area (Å²) in [5.41, 5.74) is 0.212. The van der Waals surface area contributed by atoms with Gasteiger partial charge in [-0.2, -0.15) is 0 Å². The smallest absolute Gasteiger partial charge is 0.310 e. The number of nitrogens with zero attached hydrogens (tertiary/aromatic N) is 1. The van der Waals surface area contributed by atoms with Crippen LogP contribution in [0.4, 0.5) is 0 Å². The summed E-state index contributed by atoms with van der Waals surface area (Å²) < 4.78 is 5.16. The largest absolute Gasteiger partial charge is 0.481 e. The van der Waals surface area contributed by atoms with Gasteiger partial charge in [-0.15, -0.1) is 0 Å². The Bertz CT molecular complexity index is 519. The molecule has 0 aliphatic rings. The van der Waals surface area contributed by atoms with E-state index in [4.69, 9.17) is 26.2 Å². The molecule has 7 heteroatoms. The van der Waals surface area contributed by atoms with E-state index in [-0.39, 0.29) is 17.1 Å². The minimum Gasteiger partial charge on any atom is -0.481 e. The topological polar surface area (TPSA) is 93.6 Å². The average Bonchev–Trinajstić information content (AvgIpc) is 2.25. The summed E-state index contributed by atoms with van der Waals surface area (Å²) in [5, 5.41) is 7.51. The molecule has 0 atom stereocenters. The number of carbonyl (C=O) groups is 3. The average molecular weight is 316 g/mol. The molecule has 0 aliphatic carbocycles. The van der Waals surface area contributed by atoms with Crippen molar-refractivity contribution in [3.05, 3.63) is 28.5 Å². The van der Waals surface area contributed by atoms with Gasteiger partial charge in [-0.3, -0.25) is 14.4 Å². The van der Waals surface area contributed by atoms with Gasteiger partial charge in [0, 0.05) is 13.1 Å². The molecule has 6 nitrogen and oxygen atoms in total. The third-order valence-corrected chi connectivity index (χ3v) is 2.21. The minimum atomic E-state index is -0.833. The Kier molecular flexibility index (Phi) is 7.59. The number of aliphatic carboxylic acids is 1. The lowest BCUT2D eigenvalue weighted by Crippen LogP contribution is -2.25. The zero-order chi connectivity index (χ0) is 16.6. The lowest BCUT2D eigenvalue weighted by Gasteiger charge is -2.19. The highest BCUT2D eigenvalue weighted by molar-refractivity contribution is 6.31. The maximum atomic E-state index is 11.6. The molecule has 21 heavy (non-hydrogen) atoms. The lowest BCUT2D eigenvalue weighted by atomic mass is 10.1. The van der Waals surface area contributed by atoms with Crippen LogP contribution >= 0.6 is 11.6 Å². The molecule has 1 rings (SSSR count). The maximum absolute atomic E-state index is 11.6. The van der Waals surface area contributed by atoms with Crippen LogP contribution in [-0.4, -0.2) is 33.9 Å². The fourth-order valence-electron chi connectivity index (χ4n) is 1.30. The van der Waals surface area contributed by atoms with Gasteiger partial charge in [0.15, 0.2) is 6.29 Å². The Labute approximate surface area is 128 Å². The van der Waals surface area contributed by atoms with Gasteiger partial charge in [-0.05, 0) is 32.4 Å². The van der Waals surface area contributed by atoms with E-state index < -0.39 is 17.5 Å². The molecule has 116 valence electrons. The molecule has 0 radical (unpaired) electrons. The van der Waals surface area contributed by atoms with E-state index in [0.29, 0.717) is 11.8 Å². The monoisotopic (exact) mass is 315 g/mol.